The number of aromatic nitrogens is 2. The van der Waals surface area contributed by atoms with Crippen molar-refractivity contribution in [2.45, 2.75) is 25.9 Å². The normalized spacial score (nSPS) is 21.2. The molecule has 1 aliphatic rings. The van der Waals surface area contributed by atoms with Crippen LogP contribution in [0.4, 0.5) is 5.69 Å². The highest BCUT2D eigenvalue weighted by Gasteiger charge is 2.46. The van der Waals surface area contributed by atoms with Gasteiger partial charge >= 0.3 is 0 Å². The zero-order valence-electron chi connectivity index (χ0n) is 12.4. The summed E-state index contributed by atoms with van der Waals surface area (Å²) < 4.78 is 5.50. The van der Waals surface area contributed by atoms with E-state index in [1.165, 1.54) is 0 Å². The molecule has 0 bridgehead atoms. The second-order valence-corrected chi connectivity index (χ2v) is 5.67. The maximum absolute atomic E-state index is 12.5. The van der Waals surface area contributed by atoms with Gasteiger partial charge in [0.2, 0.25) is 0 Å². The number of benzene rings is 1. The van der Waals surface area contributed by atoms with Gasteiger partial charge in [-0.1, -0.05) is 18.5 Å². The molecule has 1 amide bonds. The molecule has 6 heteroatoms. The number of anilines is 1. The van der Waals surface area contributed by atoms with Crippen LogP contribution in [0.2, 0.25) is 5.15 Å². The Hall–Kier alpha value is -1.72. The quantitative estimate of drug-likeness (QED) is 0.856. The Bertz CT molecular complexity index is 762. The lowest BCUT2D eigenvalue weighted by Gasteiger charge is -2.21. The summed E-state index contributed by atoms with van der Waals surface area (Å²) in [5.74, 6) is -0.0922. The standard InChI is InChI=1S/C15H16ClN3O2/c1-5-11-8-6-10-12(7-9(8)13(16)18-17-11)19(3)14(20)15(10,2)21-4/h6-7H,5H2,1-4H3. The van der Waals surface area contributed by atoms with Crippen molar-refractivity contribution < 1.29 is 9.53 Å². The topological polar surface area (TPSA) is 55.3 Å². The van der Waals surface area contributed by atoms with Crippen LogP contribution in [0.15, 0.2) is 12.1 Å². The molecule has 0 spiro atoms. The molecular formula is C15H16ClN3O2. The summed E-state index contributed by atoms with van der Waals surface area (Å²) in [4.78, 5) is 14.1. The summed E-state index contributed by atoms with van der Waals surface area (Å²) in [6.07, 6.45) is 0.743. The number of rotatable bonds is 2. The molecule has 0 N–H and O–H groups in total. The number of likely N-dealkylation sites (N-methyl/N-ethyl adjacent to an activating group) is 1. The van der Waals surface area contributed by atoms with Crippen LogP contribution in [-0.2, 0) is 21.6 Å². The molecule has 3 rings (SSSR count). The zero-order valence-corrected chi connectivity index (χ0v) is 13.2. The summed E-state index contributed by atoms with van der Waals surface area (Å²) in [5.41, 5.74) is 1.52. The first kappa shape index (κ1) is 14.2. The summed E-state index contributed by atoms with van der Waals surface area (Å²) >= 11 is 6.17. The van der Waals surface area contributed by atoms with Gasteiger partial charge in [0.25, 0.3) is 5.91 Å². The Morgan fingerprint density at radius 2 is 2.05 bits per heavy atom. The van der Waals surface area contributed by atoms with Gasteiger partial charge in [-0.2, -0.15) is 5.10 Å². The SMILES string of the molecule is CCc1nnc(Cl)c2cc3c(cc12)C(C)(OC)C(=O)N3C. The highest BCUT2D eigenvalue weighted by atomic mass is 35.5. The predicted molar refractivity (Wildman–Crippen MR) is 81.7 cm³/mol. The van der Waals surface area contributed by atoms with Gasteiger partial charge in [0.05, 0.1) is 11.4 Å². The van der Waals surface area contributed by atoms with Crippen molar-refractivity contribution in [3.63, 3.8) is 0 Å². The Morgan fingerprint density at radius 3 is 2.67 bits per heavy atom. The van der Waals surface area contributed by atoms with E-state index in [0.717, 1.165) is 34.1 Å². The van der Waals surface area contributed by atoms with Crippen LogP contribution in [0.5, 0.6) is 0 Å². The lowest BCUT2D eigenvalue weighted by Crippen LogP contribution is -2.37. The fourth-order valence-electron chi connectivity index (χ4n) is 2.87. The lowest BCUT2D eigenvalue weighted by atomic mass is 9.94. The number of ether oxygens (including phenoxy) is 1. The van der Waals surface area contributed by atoms with E-state index in [1.54, 1.807) is 26.0 Å². The first-order chi connectivity index (χ1) is 9.93. The number of amides is 1. The Labute approximate surface area is 127 Å². The molecule has 1 aromatic heterocycles. The van der Waals surface area contributed by atoms with E-state index in [9.17, 15) is 4.79 Å². The molecule has 1 aliphatic heterocycles. The van der Waals surface area contributed by atoms with Crippen LogP contribution >= 0.6 is 11.6 Å². The third-order valence-corrected chi connectivity index (χ3v) is 4.54. The number of carbonyl (C=O) groups excluding carboxylic acids is 1. The van der Waals surface area contributed by atoms with Crippen LogP contribution in [0.1, 0.15) is 25.1 Å². The van der Waals surface area contributed by atoms with Gasteiger partial charge in [-0.25, -0.2) is 0 Å². The van der Waals surface area contributed by atoms with Crippen LogP contribution in [0.25, 0.3) is 10.8 Å². The maximum Gasteiger partial charge on any atom is 0.263 e. The minimum Gasteiger partial charge on any atom is -0.364 e. The molecule has 0 saturated carbocycles. The number of fused-ring (bicyclic) bond motifs is 2. The van der Waals surface area contributed by atoms with E-state index < -0.39 is 5.60 Å². The van der Waals surface area contributed by atoms with Crippen molar-refractivity contribution in [1.29, 1.82) is 0 Å². The molecule has 1 atom stereocenters. The Kier molecular flexibility index (Phi) is 3.15. The number of carbonyl (C=O) groups is 1. The van der Waals surface area contributed by atoms with Gasteiger partial charge in [0, 0.05) is 30.5 Å². The van der Waals surface area contributed by atoms with E-state index in [0.29, 0.717) is 5.15 Å². The van der Waals surface area contributed by atoms with Crippen molar-refractivity contribution in [2.24, 2.45) is 0 Å². The molecule has 1 aromatic carbocycles. The predicted octanol–water partition coefficient (Wildman–Crippen LogP) is 2.68. The molecular weight excluding hydrogens is 290 g/mol. The second-order valence-electron chi connectivity index (χ2n) is 5.31. The van der Waals surface area contributed by atoms with Crippen molar-refractivity contribution in [3.05, 3.63) is 28.5 Å². The number of nitrogens with zero attached hydrogens (tertiary/aromatic N) is 3. The second kappa shape index (κ2) is 4.64. The Morgan fingerprint density at radius 1 is 1.33 bits per heavy atom. The van der Waals surface area contributed by atoms with Crippen molar-refractivity contribution in [2.75, 3.05) is 19.1 Å². The van der Waals surface area contributed by atoms with E-state index in [-0.39, 0.29) is 5.91 Å². The van der Waals surface area contributed by atoms with E-state index in [1.807, 2.05) is 19.1 Å². The molecule has 1 unspecified atom stereocenters. The highest BCUT2D eigenvalue weighted by Crippen LogP contribution is 2.44. The highest BCUT2D eigenvalue weighted by molar-refractivity contribution is 6.34. The minimum absolute atomic E-state index is 0.0922. The van der Waals surface area contributed by atoms with Gasteiger partial charge in [-0.15, -0.1) is 5.10 Å². The number of hydrogen-bond donors (Lipinski definition) is 0. The third-order valence-electron chi connectivity index (χ3n) is 4.26. The van der Waals surface area contributed by atoms with Crippen LogP contribution in [0.3, 0.4) is 0 Å². The fraction of sp³-hybridized carbons (Fsp3) is 0.400. The molecule has 0 fully saturated rings. The monoisotopic (exact) mass is 305 g/mol. The molecule has 5 nitrogen and oxygen atoms in total. The molecule has 2 aromatic rings. The van der Waals surface area contributed by atoms with E-state index >= 15 is 0 Å². The number of aryl methyl sites for hydroxylation is 1. The van der Waals surface area contributed by atoms with Crippen LogP contribution in [0, 0.1) is 0 Å². The van der Waals surface area contributed by atoms with Gasteiger partial charge < -0.3 is 9.64 Å². The summed E-state index contributed by atoms with van der Waals surface area (Å²) in [5, 5.41) is 10.2. The van der Waals surface area contributed by atoms with Gasteiger partial charge in [0.15, 0.2) is 10.8 Å². The van der Waals surface area contributed by atoms with Crippen molar-refractivity contribution in [3.8, 4) is 0 Å². The third kappa shape index (κ3) is 1.77. The molecule has 21 heavy (non-hydrogen) atoms. The maximum atomic E-state index is 12.5. The smallest absolute Gasteiger partial charge is 0.263 e. The molecule has 110 valence electrons. The van der Waals surface area contributed by atoms with Crippen LogP contribution < -0.4 is 4.90 Å². The van der Waals surface area contributed by atoms with Crippen molar-refractivity contribution in [1.82, 2.24) is 10.2 Å². The molecule has 0 radical (unpaired) electrons. The molecule has 0 saturated heterocycles. The molecule has 2 heterocycles. The van der Waals surface area contributed by atoms with E-state index in [4.69, 9.17) is 16.3 Å². The van der Waals surface area contributed by atoms with Gasteiger partial charge in [-0.05, 0) is 25.5 Å². The lowest BCUT2D eigenvalue weighted by molar-refractivity contribution is -0.137. The minimum atomic E-state index is -0.973. The average Bonchev–Trinajstić information content (AvgIpc) is 2.69. The van der Waals surface area contributed by atoms with Crippen molar-refractivity contribution >= 4 is 34.0 Å². The van der Waals surface area contributed by atoms with E-state index in [2.05, 4.69) is 10.2 Å². The zero-order chi connectivity index (χ0) is 15.4. The van der Waals surface area contributed by atoms with Gasteiger partial charge in [-0.3, -0.25) is 4.79 Å². The van der Waals surface area contributed by atoms with Crippen LogP contribution in [-0.4, -0.2) is 30.3 Å². The fourth-order valence-corrected chi connectivity index (χ4v) is 3.07. The number of halogens is 1. The molecule has 0 aliphatic carbocycles. The largest absolute Gasteiger partial charge is 0.364 e. The Balaban J connectivity index is 2.40. The first-order valence-electron chi connectivity index (χ1n) is 6.76. The summed E-state index contributed by atoms with van der Waals surface area (Å²) in [6, 6.07) is 3.85. The summed E-state index contributed by atoms with van der Waals surface area (Å²) in [6.45, 7) is 3.79. The summed E-state index contributed by atoms with van der Waals surface area (Å²) in [7, 11) is 3.28. The average molecular weight is 306 g/mol. The number of methoxy groups -OCH3 is 1. The number of hydrogen-bond acceptors (Lipinski definition) is 4. The van der Waals surface area contributed by atoms with Gasteiger partial charge in [0.1, 0.15) is 0 Å². The first-order valence-corrected chi connectivity index (χ1v) is 7.14.